The average Bonchev–Trinajstić information content (AvgIpc) is 2.67. The molecule has 2 rings (SSSR count). The standard InChI is InChI=1S/C15H22N2O/c16-11-12-7-9-13(10-8-12)15(18)17-14-5-3-1-2-4-6-14/h7-10,14H,1-6,11,16H2,(H,17,18). The number of hydrogen-bond donors (Lipinski definition) is 2. The molecule has 0 saturated heterocycles. The number of hydrogen-bond acceptors (Lipinski definition) is 2. The first-order valence-corrected chi connectivity index (χ1v) is 6.89. The van der Waals surface area contributed by atoms with Crippen molar-refractivity contribution in [1.82, 2.24) is 5.32 Å². The second-order valence-electron chi connectivity index (χ2n) is 5.06. The summed E-state index contributed by atoms with van der Waals surface area (Å²) in [4.78, 5) is 12.1. The molecule has 0 heterocycles. The van der Waals surface area contributed by atoms with E-state index in [-0.39, 0.29) is 5.91 Å². The lowest BCUT2D eigenvalue weighted by molar-refractivity contribution is 0.0933. The quantitative estimate of drug-likeness (QED) is 0.805. The van der Waals surface area contributed by atoms with Gasteiger partial charge in [0.2, 0.25) is 0 Å². The first-order chi connectivity index (χ1) is 8.79. The van der Waals surface area contributed by atoms with Gasteiger partial charge in [0.15, 0.2) is 0 Å². The van der Waals surface area contributed by atoms with E-state index < -0.39 is 0 Å². The molecular formula is C15H22N2O. The van der Waals surface area contributed by atoms with Gasteiger partial charge in [-0.2, -0.15) is 0 Å². The van der Waals surface area contributed by atoms with Crippen LogP contribution in [0.25, 0.3) is 0 Å². The predicted octanol–water partition coefficient (Wildman–Crippen LogP) is 2.60. The molecule has 3 N–H and O–H groups in total. The van der Waals surface area contributed by atoms with Crippen LogP contribution < -0.4 is 11.1 Å². The number of benzene rings is 1. The Morgan fingerprint density at radius 3 is 2.28 bits per heavy atom. The van der Waals surface area contributed by atoms with Crippen molar-refractivity contribution in [3.05, 3.63) is 35.4 Å². The number of carbonyl (C=O) groups excluding carboxylic acids is 1. The molecule has 18 heavy (non-hydrogen) atoms. The van der Waals surface area contributed by atoms with E-state index in [1.54, 1.807) is 0 Å². The Bertz CT molecular complexity index is 378. The maximum atomic E-state index is 12.1. The molecule has 0 unspecified atom stereocenters. The molecule has 1 fully saturated rings. The number of rotatable bonds is 3. The third kappa shape index (κ3) is 3.57. The predicted molar refractivity (Wildman–Crippen MR) is 73.3 cm³/mol. The summed E-state index contributed by atoms with van der Waals surface area (Å²) in [6.45, 7) is 0.518. The van der Waals surface area contributed by atoms with Crippen LogP contribution in [0.4, 0.5) is 0 Å². The van der Waals surface area contributed by atoms with Crippen LogP contribution in [0.5, 0.6) is 0 Å². The molecular weight excluding hydrogens is 224 g/mol. The zero-order valence-corrected chi connectivity index (χ0v) is 10.8. The second kappa shape index (κ2) is 6.55. The van der Waals surface area contributed by atoms with Crippen molar-refractivity contribution < 1.29 is 4.79 Å². The van der Waals surface area contributed by atoms with E-state index in [9.17, 15) is 4.79 Å². The van der Waals surface area contributed by atoms with Gasteiger partial charge in [0.1, 0.15) is 0 Å². The van der Waals surface area contributed by atoms with Crippen LogP contribution in [-0.4, -0.2) is 11.9 Å². The van der Waals surface area contributed by atoms with E-state index >= 15 is 0 Å². The fraction of sp³-hybridized carbons (Fsp3) is 0.533. The third-order valence-electron chi connectivity index (χ3n) is 3.64. The van der Waals surface area contributed by atoms with E-state index in [2.05, 4.69) is 5.32 Å². The van der Waals surface area contributed by atoms with Crippen LogP contribution in [-0.2, 0) is 6.54 Å². The molecule has 1 saturated carbocycles. The van der Waals surface area contributed by atoms with Crippen LogP contribution in [0, 0.1) is 0 Å². The zero-order valence-electron chi connectivity index (χ0n) is 10.8. The van der Waals surface area contributed by atoms with Gasteiger partial charge in [-0.15, -0.1) is 0 Å². The molecule has 1 amide bonds. The summed E-state index contributed by atoms with van der Waals surface area (Å²) in [7, 11) is 0. The van der Waals surface area contributed by atoms with E-state index in [1.807, 2.05) is 24.3 Å². The summed E-state index contributed by atoms with van der Waals surface area (Å²) in [6.07, 6.45) is 7.31. The van der Waals surface area contributed by atoms with Crippen molar-refractivity contribution in [2.24, 2.45) is 5.73 Å². The fourth-order valence-electron chi connectivity index (χ4n) is 2.48. The van der Waals surface area contributed by atoms with Crippen molar-refractivity contribution in [3.63, 3.8) is 0 Å². The summed E-state index contributed by atoms with van der Waals surface area (Å²) >= 11 is 0. The van der Waals surface area contributed by atoms with Gasteiger partial charge >= 0.3 is 0 Å². The highest BCUT2D eigenvalue weighted by Crippen LogP contribution is 2.17. The highest BCUT2D eigenvalue weighted by Gasteiger charge is 2.15. The number of nitrogens with two attached hydrogens (primary N) is 1. The minimum Gasteiger partial charge on any atom is -0.349 e. The second-order valence-corrected chi connectivity index (χ2v) is 5.06. The van der Waals surface area contributed by atoms with E-state index in [0.717, 1.165) is 24.0 Å². The molecule has 1 aliphatic rings. The number of carbonyl (C=O) groups is 1. The highest BCUT2D eigenvalue weighted by atomic mass is 16.1. The number of nitrogens with one attached hydrogen (secondary N) is 1. The first kappa shape index (κ1) is 13.1. The summed E-state index contributed by atoms with van der Waals surface area (Å²) < 4.78 is 0. The Hall–Kier alpha value is -1.35. The smallest absolute Gasteiger partial charge is 0.251 e. The van der Waals surface area contributed by atoms with Gasteiger partial charge in [-0.25, -0.2) is 0 Å². The third-order valence-corrected chi connectivity index (χ3v) is 3.64. The normalized spacial score (nSPS) is 17.2. The summed E-state index contributed by atoms with van der Waals surface area (Å²) in [5.74, 6) is 0.0467. The fourth-order valence-corrected chi connectivity index (χ4v) is 2.48. The highest BCUT2D eigenvalue weighted by molar-refractivity contribution is 5.94. The van der Waals surface area contributed by atoms with Crippen LogP contribution in [0.15, 0.2) is 24.3 Å². The molecule has 1 aromatic rings. The molecule has 98 valence electrons. The molecule has 0 radical (unpaired) electrons. The molecule has 3 nitrogen and oxygen atoms in total. The van der Waals surface area contributed by atoms with Crippen LogP contribution in [0.1, 0.15) is 54.4 Å². The molecule has 0 aliphatic heterocycles. The van der Waals surface area contributed by atoms with Crippen LogP contribution in [0.2, 0.25) is 0 Å². The van der Waals surface area contributed by atoms with E-state index in [4.69, 9.17) is 5.73 Å². The molecule has 1 aromatic carbocycles. The van der Waals surface area contributed by atoms with Crippen molar-refractivity contribution in [1.29, 1.82) is 0 Å². The van der Waals surface area contributed by atoms with Gasteiger partial charge in [0, 0.05) is 18.2 Å². The summed E-state index contributed by atoms with van der Waals surface area (Å²) in [5.41, 5.74) is 7.33. The largest absolute Gasteiger partial charge is 0.349 e. The summed E-state index contributed by atoms with van der Waals surface area (Å²) in [6, 6.07) is 7.90. The van der Waals surface area contributed by atoms with Gasteiger partial charge in [0.05, 0.1) is 0 Å². The van der Waals surface area contributed by atoms with Gasteiger partial charge in [-0.3, -0.25) is 4.79 Å². The molecule has 0 spiro atoms. The lowest BCUT2D eigenvalue weighted by Crippen LogP contribution is -2.34. The van der Waals surface area contributed by atoms with Gasteiger partial charge in [0.25, 0.3) is 5.91 Å². The Morgan fingerprint density at radius 2 is 1.72 bits per heavy atom. The monoisotopic (exact) mass is 246 g/mol. The van der Waals surface area contributed by atoms with Gasteiger partial charge in [-0.05, 0) is 30.5 Å². The Morgan fingerprint density at radius 1 is 1.11 bits per heavy atom. The van der Waals surface area contributed by atoms with Crippen molar-refractivity contribution in [2.75, 3.05) is 0 Å². The first-order valence-electron chi connectivity index (χ1n) is 6.89. The maximum Gasteiger partial charge on any atom is 0.251 e. The minimum atomic E-state index is 0.0467. The SMILES string of the molecule is NCc1ccc(C(=O)NC2CCCCCC2)cc1. The molecule has 1 aliphatic carbocycles. The van der Waals surface area contributed by atoms with Crippen LogP contribution >= 0.6 is 0 Å². The van der Waals surface area contributed by atoms with Gasteiger partial charge in [-0.1, -0.05) is 37.8 Å². The lowest BCUT2D eigenvalue weighted by atomic mass is 10.1. The Balaban J connectivity index is 1.93. The average molecular weight is 246 g/mol. The van der Waals surface area contributed by atoms with E-state index in [0.29, 0.717) is 12.6 Å². The van der Waals surface area contributed by atoms with Gasteiger partial charge < -0.3 is 11.1 Å². The Labute approximate surface area is 109 Å². The number of amides is 1. The maximum absolute atomic E-state index is 12.1. The van der Waals surface area contributed by atoms with Crippen molar-refractivity contribution in [2.45, 2.75) is 51.1 Å². The Kier molecular flexibility index (Phi) is 4.76. The molecule has 3 heteroatoms. The zero-order chi connectivity index (χ0) is 12.8. The summed E-state index contributed by atoms with van der Waals surface area (Å²) in [5, 5.41) is 3.14. The molecule has 0 aromatic heterocycles. The van der Waals surface area contributed by atoms with Crippen LogP contribution in [0.3, 0.4) is 0 Å². The molecule has 0 bridgehead atoms. The lowest BCUT2D eigenvalue weighted by Gasteiger charge is -2.16. The van der Waals surface area contributed by atoms with Crippen molar-refractivity contribution in [3.8, 4) is 0 Å². The van der Waals surface area contributed by atoms with E-state index in [1.165, 1.54) is 25.7 Å². The minimum absolute atomic E-state index is 0.0467. The van der Waals surface area contributed by atoms with Crippen molar-refractivity contribution >= 4 is 5.91 Å². The topological polar surface area (TPSA) is 55.1 Å². The molecule has 0 atom stereocenters.